The van der Waals surface area contributed by atoms with Gasteiger partial charge in [-0.1, -0.05) is 36.2 Å². The molecule has 214 valence electrons. The molecule has 2 aromatic rings. The van der Waals surface area contributed by atoms with Gasteiger partial charge in [-0.3, -0.25) is 14.5 Å². The van der Waals surface area contributed by atoms with Gasteiger partial charge in [0.25, 0.3) is 5.91 Å². The van der Waals surface area contributed by atoms with E-state index < -0.39 is 6.04 Å². The van der Waals surface area contributed by atoms with Crippen molar-refractivity contribution in [2.75, 3.05) is 60.2 Å². The molecule has 3 aliphatic rings. The summed E-state index contributed by atoms with van der Waals surface area (Å²) < 4.78 is 16.6. The maximum Gasteiger partial charge on any atom is 0.262 e. The highest BCUT2D eigenvalue weighted by molar-refractivity contribution is 6.34. The van der Waals surface area contributed by atoms with Crippen molar-refractivity contribution in [3.63, 3.8) is 0 Å². The first-order valence-corrected chi connectivity index (χ1v) is 14.3. The van der Waals surface area contributed by atoms with Crippen LogP contribution in [0.25, 0.3) is 0 Å². The van der Waals surface area contributed by atoms with E-state index in [-0.39, 0.29) is 24.3 Å². The van der Waals surface area contributed by atoms with E-state index in [2.05, 4.69) is 4.90 Å². The number of carbonyl (C=O) groups is 2. The molecule has 1 saturated carbocycles. The third kappa shape index (κ3) is 6.27. The molecule has 2 aromatic carbocycles. The van der Waals surface area contributed by atoms with Gasteiger partial charge in [0.2, 0.25) is 5.91 Å². The van der Waals surface area contributed by atoms with Gasteiger partial charge in [-0.15, -0.1) is 0 Å². The molecule has 2 amide bonds. The molecule has 1 aliphatic carbocycles. The molecule has 2 fully saturated rings. The van der Waals surface area contributed by atoms with Gasteiger partial charge >= 0.3 is 0 Å². The molecular formula is C30H37ClN4O5. The average molecular weight is 569 g/mol. The number of hydrazone groups is 1. The molecule has 5 rings (SSSR count). The van der Waals surface area contributed by atoms with E-state index in [1.165, 1.54) is 5.01 Å². The topological polar surface area (TPSA) is 83.9 Å². The van der Waals surface area contributed by atoms with E-state index in [0.717, 1.165) is 43.5 Å². The number of carbonyl (C=O) groups excluding carboxylic acids is 2. The van der Waals surface area contributed by atoms with Crippen LogP contribution in [0.1, 0.15) is 42.9 Å². The SMILES string of the molecule is COc1ccc(OC)c(C2CC(c3ccccc3Cl)=NN2C(=O)CN(CCN2CCOCC2)C(=O)C2CCC2)c1. The molecule has 1 atom stereocenters. The van der Waals surface area contributed by atoms with Crippen LogP contribution in [0.15, 0.2) is 47.6 Å². The molecule has 1 unspecified atom stereocenters. The highest BCUT2D eigenvalue weighted by atomic mass is 35.5. The van der Waals surface area contributed by atoms with E-state index in [1.807, 2.05) is 42.5 Å². The fraction of sp³-hybridized carbons (Fsp3) is 0.500. The number of ether oxygens (including phenoxy) is 3. The number of hydrogen-bond donors (Lipinski definition) is 0. The van der Waals surface area contributed by atoms with Crippen LogP contribution in [0, 0.1) is 5.92 Å². The van der Waals surface area contributed by atoms with E-state index >= 15 is 0 Å². The highest BCUT2D eigenvalue weighted by Crippen LogP contribution is 2.40. The zero-order valence-electron chi connectivity index (χ0n) is 23.2. The number of methoxy groups -OCH3 is 2. The van der Waals surface area contributed by atoms with E-state index in [1.54, 1.807) is 19.1 Å². The van der Waals surface area contributed by atoms with Crippen LogP contribution in [0.4, 0.5) is 0 Å². The molecule has 0 spiro atoms. The van der Waals surface area contributed by atoms with Gasteiger partial charge < -0.3 is 19.1 Å². The lowest BCUT2D eigenvalue weighted by atomic mass is 9.84. The van der Waals surface area contributed by atoms with Crippen LogP contribution in [0.3, 0.4) is 0 Å². The van der Waals surface area contributed by atoms with Crippen LogP contribution in [0.2, 0.25) is 5.02 Å². The van der Waals surface area contributed by atoms with E-state index in [0.29, 0.717) is 55.0 Å². The van der Waals surface area contributed by atoms with Crippen LogP contribution < -0.4 is 9.47 Å². The molecule has 0 radical (unpaired) electrons. The van der Waals surface area contributed by atoms with E-state index in [4.69, 9.17) is 30.9 Å². The van der Waals surface area contributed by atoms with Gasteiger partial charge in [-0.05, 0) is 37.1 Å². The molecule has 10 heteroatoms. The summed E-state index contributed by atoms with van der Waals surface area (Å²) in [6, 6.07) is 12.6. The Balaban J connectivity index is 1.43. The van der Waals surface area contributed by atoms with Crippen molar-refractivity contribution >= 4 is 29.1 Å². The van der Waals surface area contributed by atoms with Crippen LogP contribution in [0.5, 0.6) is 11.5 Å². The number of hydrogen-bond acceptors (Lipinski definition) is 7. The van der Waals surface area contributed by atoms with Crippen molar-refractivity contribution in [1.29, 1.82) is 0 Å². The summed E-state index contributed by atoms with van der Waals surface area (Å²) in [5.41, 5.74) is 2.27. The fourth-order valence-corrected chi connectivity index (χ4v) is 5.69. The van der Waals surface area contributed by atoms with Crippen molar-refractivity contribution < 1.29 is 23.8 Å². The molecule has 9 nitrogen and oxygen atoms in total. The highest BCUT2D eigenvalue weighted by Gasteiger charge is 2.38. The Hall–Kier alpha value is -3.14. The molecule has 0 aromatic heterocycles. The molecule has 40 heavy (non-hydrogen) atoms. The standard InChI is InChI=1S/C30H37ClN4O5/c1-38-22-10-11-28(39-2)24(18-22)27-19-26(23-8-3-4-9-25(23)31)32-35(27)29(36)20-34(30(37)21-6-5-7-21)13-12-33-14-16-40-17-15-33/h3-4,8-11,18,21,27H,5-7,12-17,19-20H2,1-2H3. The lowest BCUT2D eigenvalue weighted by Crippen LogP contribution is -2.49. The number of amides is 2. The predicted octanol–water partition coefficient (Wildman–Crippen LogP) is 4.00. The smallest absolute Gasteiger partial charge is 0.262 e. The Morgan fingerprint density at radius 2 is 1.88 bits per heavy atom. The van der Waals surface area contributed by atoms with Crippen LogP contribution in [-0.2, 0) is 14.3 Å². The summed E-state index contributed by atoms with van der Waals surface area (Å²) in [7, 11) is 3.21. The third-order valence-corrected chi connectivity index (χ3v) is 8.36. The minimum absolute atomic E-state index is 0.00692. The van der Waals surface area contributed by atoms with Crippen molar-refractivity contribution in [2.45, 2.75) is 31.7 Å². The zero-order valence-corrected chi connectivity index (χ0v) is 23.9. The van der Waals surface area contributed by atoms with Gasteiger partial charge in [-0.25, -0.2) is 5.01 Å². The monoisotopic (exact) mass is 568 g/mol. The lowest BCUT2D eigenvalue weighted by Gasteiger charge is -2.34. The zero-order chi connectivity index (χ0) is 28.1. The van der Waals surface area contributed by atoms with E-state index in [9.17, 15) is 9.59 Å². The van der Waals surface area contributed by atoms with Crippen LogP contribution >= 0.6 is 11.6 Å². The number of benzene rings is 2. The summed E-state index contributed by atoms with van der Waals surface area (Å²) in [5.74, 6) is 1.09. The first-order chi connectivity index (χ1) is 19.5. The quantitative estimate of drug-likeness (QED) is 0.431. The molecule has 0 N–H and O–H groups in total. The first-order valence-electron chi connectivity index (χ1n) is 13.9. The van der Waals surface area contributed by atoms with Crippen molar-refractivity contribution in [2.24, 2.45) is 11.0 Å². The Bertz CT molecular complexity index is 1240. The minimum Gasteiger partial charge on any atom is -0.497 e. The largest absolute Gasteiger partial charge is 0.497 e. The minimum atomic E-state index is -0.441. The van der Waals surface area contributed by atoms with Gasteiger partial charge in [0.15, 0.2) is 0 Å². The second kappa shape index (κ2) is 13.0. The second-order valence-electron chi connectivity index (χ2n) is 10.4. The summed E-state index contributed by atoms with van der Waals surface area (Å²) in [5, 5.41) is 6.88. The van der Waals surface area contributed by atoms with Gasteiger partial charge in [0.05, 0.1) is 39.2 Å². The summed E-state index contributed by atoms with van der Waals surface area (Å²) in [4.78, 5) is 31.5. The molecule has 1 saturated heterocycles. The van der Waals surface area contributed by atoms with Crippen LogP contribution in [-0.4, -0.2) is 92.5 Å². The number of rotatable bonds is 10. The van der Waals surface area contributed by atoms with Gasteiger partial charge in [0, 0.05) is 54.7 Å². The Labute approximate surface area is 240 Å². The summed E-state index contributed by atoms with van der Waals surface area (Å²) >= 11 is 6.53. The Morgan fingerprint density at radius 1 is 1.10 bits per heavy atom. The first kappa shape index (κ1) is 28.4. The summed E-state index contributed by atoms with van der Waals surface area (Å²) in [6.45, 7) is 4.18. The second-order valence-corrected chi connectivity index (χ2v) is 10.8. The Kier molecular flexibility index (Phi) is 9.24. The number of morpholine rings is 1. The molecular weight excluding hydrogens is 532 g/mol. The van der Waals surface area contributed by atoms with Crippen molar-refractivity contribution in [3.05, 3.63) is 58.6 Å². The van der Waals surface area contributed by atoms with Crippen molar-refractivity contribution in [3.8, 4) is 11.5 Å². The summed E-state index contributed by atoms with van der Waals surface area (Å²) in [6.07, 6.45) is 3.26. The number of halogens is 1. The normalized spacial score (nSPS) is 19.6. The molecule has 2 heterocycles. The lowest BCUT2D eigenvalue weighted by molar-refractivity contribution is -0.145. The number of nitrogens with zero attached hydrogens (tertiary/aromatic N) is 4. The van der Waals surface area contributed by atoms with Gasteiger partial charge in [-0.2, -0.15) is 5.10 Å². The predicted molar refractivity (Wildman–Crippen MR) is 153 cm³/mol. The molecule has 0 bridgehead atoms. The Morgan fingerprint density at radius 3 is 2.55 bits per heavy atom. The molecule has 2 aliphatic heterocycles. The fourth-order valence-electron chi connectivity index (χ4n) is 5.44. The van der Waals surface area contributed by atoms with Crippen molar-refractivity contribution in [1.82, 2.24) is 14.8 Å². The third-order valence-electron chi connectivity index (χ3n) is 8.03. The maximum atomic E-state index is 14.0. The van der Waals surface area contributed by atoms with Gasteiger partial charge in [0.1, 0.15) is 18.0 Å². The average Bonchev–Trinajstić information content (AvgIpc) is 3.40. The maximum absolute atomic E-state index is 14.0.